The first-order valence-electron chi connectivity index (χ1n) is 12.5. The highest BCUT2D eigenvalue weighted by Gasteiger charge is 2.50. The topological polar surface area (TPSA) is 106 Å². The van der Waals surface area contributed by atoms with Crippen molar-refractivity contribution in [3.8, 4) is 0 Å². The molecular formula is C24H31ClFN5O4S. The molecule has 2 aromatic heterocycles. The number of nitrogens with zero attached hydrogens (tertiary/aromatic N) is 5. The van der Waals surface area contributed by atoms with Crippen LogP contribution in [0, 0.1) is 5.82 Å². The van der Waals surface area contributed by atoms with E-state index < -0.39 is 26.4 Å². The summed E-state index contributed by atoms with van der Waals surface area (Å²) < 4.78 is 46.7. The Kier molecular flexibility index (Phi) is 6.30. The number of piperazine rings is 1. The molecule has 3 atom stereocenters. The van der Waals surface area contributed by atoms with Crippen LogP contribution in [0.4, 0.5) is 15.0 Å². The maximum atomic E-state index is 15.3. The molecule has 2 aromatic rings. The first-order valence-corrected chi connectivity index (χ1v) is 14.5. The van der Waals surface area contributed by atoms with Crippen molar-refractivity contribution in [2.24, 2.45) is 0 Å². The molecule has 9 nitrogen and oxygen atoms in total. The Morgan fingerprint density at radius 3 is 2.58 bits per heavy atom. The fourth-order valence-corrected chi connectivity index (χ4v) is 6.61. The van der Waals surface area contributed by atoms with Crippen molar-refractivity contribution in [2.45, 2.75) is 95.1 Å². The number of hydrogen-bond acceptors (Lipinski definition) is 8. The van der Waals surface area contributed by atoms with E-state index in [9.17, 15) is 13.2 Å². The van der Waals surface area contributed by atoms with Gasteiger partial charge >= 0.3 is 6.09 Å². The lowest BCUT2D eigenvalue weighted by Gasteiger charge is -2.47. The largest absolute Gasteiger partial charge is 0.444 e. The molecule has 0 radical (unpaired) electrons. The highest BCUT2D eigenvalue weighted by molar-refractivity contribution is 7.91. The third kappa shape index (κ3) is 4.27. The summed E-state index contributed by atoms with van der Waals surface area (Å²) in [4.78, 5) is 30.1. The zero-order chi connectivity index (χ0) is 26.0. The number of aromatic nitrogens is 3. The second-order valence-electron chi connectivity index (χ2n) is 10.8. The van der Waals surface area contributed by atoms with Crippen LogP contribution in [0.5, 0.6) is 0 Å². The van der Waals surface area contributed by atoms with Crippen molar-refractivity contribution < 1.29 is 22.3 Å². The minimum absolute atomic E-state index is 0.121. The van der Waals surface area contributed by atoms with Crippen molar-refractivity contribution in [2.75, 3.05) is 17.2 Å². The number of rotatable bonds is 2. The van der Waals surface area contributed by atoms with Crippen LogP contribution in [0.3, 0.4) is 0 Å². The van der Waals surface area contributed by atoms with Gasteiger partial charge in [-0.25, -0.2) is 32.6 Å². The van der Waals surface area contributed by atoms with E-state index in [1.807, 2.05) is 25.7 Å². The number of carbonyl (C=O) groups is 1. The normalized spacial score (nSPS) is 24.2. The number of aryl methyl sites for hydroxylation is 1. The van der Waals surface area contributed by atoms with Gasteiger partial charge in [0, 0.05) is 6.54 Å². The van der Waals surface area contributed by atoms with Crippen molar-refractivity contribution in [3.05, 3.63) is 16.7 Å². The van der Waals surface area contributed by atoms with E-state index in [1.165, 1.54) is 6.92 Å². The molecule has 3 aliphatic heterocycles. The van der Waals surface area contributed by atoms with Gasteiger partial charge in [-0.1, -0.05) is 24.9 Å². The number of sulfone groups is 1. The minimum Gasteiger partial charge on any atom is -0.444 e. The van der Waals surface area contributed by atoms with Crippen LogP contribution in [0.2, 0.25) is 5.15 Å². The van der Waals surface area contributed by atoms with Gasteiger partial charge in [-0.2, -0.15) is 0 Å². The fourth-order valence-electron chi connectivity index (χ4n) is 5.71. The summed E-state index contributed by atoms with van der Waals surface area (Å²) in [5.41, 5.74) is -0.172. The second-order valence-corrected chi connectivity index (χ2v) is 13.3. The van der Waals surface area contributed by atoms with Crippen molar-refractivity contribution >= 4 is 44.3 Å². The minimum atomic E-state index is -3.83. The Morgan fingerprint density at radius 1 is 1.14 bits per heavy atom. The predicted octanol–water partition coefficient (Wildman–Crippen LogP) is 4.29. The van der Waals surface area contributed by atoms with Gasteiger partial charge in [0.25, 0.3) is 0 Å². The van der Waals surface area contributed by atoms with Crippen molar-refractivity contribution in [1.29, 1.82) is 0 Å². The highest BCUT2D eigenvalue weighted by atomic mass is 35.5. The average molecular weight is 540 g/mol. The third-order valence-corrected chi connectivity index (χ3v) is 9.03. The maximum Gasteiger partial charge on any atom is 0.410 e. The monoisotopic (exact) mass is 539 g/mol. The first kappa shape index (κ1) is 25.4. The highest BCUT2D eigenvalue weighted by Crippen LogP contribution is 2.43. The summed E-state index contributed by atoms with van der Waals surface area (Å²) >= 11 is 6.12. The number of hydrogen-bond donors (Lipinski definition) is 0. The van der Waals surface area contributed by atoms with Crippen molar-refractivity contribution in [3.63, 3.8) is 0 Å². The van der Waals surface area contributed by atoms with Gasteiger partial charge in [0.1, 0.15) is 16.9 Å². The number of anilines is 1. The molecule has 5 heterocycles. The standard InChI is InChI=1S/C24H31ClFN5O4S/c1-5-36(33,34)22-28-19-17-14(27-20(25)18(19)26)8-6-7-9-15-16-11-10-13(12-30(15)21(17)29-22)31(16)23(32)35-24(2,3)4/h13,15-16H,5-12H2,1-4H3/t13-,15-,16+/m1/s1. The van der Waals surface area contributed by atoms with E-state index in [0.29, 0.717) is 29.9 Å². The van der Waals surface area contributed by atoms with Crippen LogP contribution >= 0.6 is 11.6 Å². The Morgan fingerprint density at radius 2 is 1.89 bits per heavy atom. The fraction of sp³-hybridized carbons (Fsp3) is 0.667. The molecule has 0 aromatic carbocycles. The molecule has 1 amide bonds. The van der Waals surface area contributed by atoms with E-state index >= 15 is 4.39 Å². The summed E-state index contributed by atoms with van der Waals surface area (Å²) in [5.74, 6) is -0.706. The Balaban J connectivity index is 1.69. The molecule has 0 unspecified atom stereocenters. The van der Waals surface area contributed by atoms with Gasteiger partial charge in [0.2, 0.25) is 15.0 Å². The summed E-state index contributed by atoms with van der Waals surface area (Å²) in [6.45, 7) is 7.47. The summed E-state index contributed by atoms with van der Waals surface area (Å²) in [6.07, 6.45) is 4.20. The Labute approximate surface area is 215 Å². The number of halogens is 2. The molecule has 0 saturated carbocycles. The van der Waals surface area contributed by atoms with Crippen LogP contribution in [0.15, 0.2) is 5.16 Å². The van der Waals surface area contributed by atoms with Crippen LogP contribution < -0.4 is 4.90 Å². The van der Waals surface area contributed by atoms with E-state index in [4.69, 9.17) is 16.3 Å². The summed E-state index contributed by atoms with van der Waals surface area (Å²) in [7, 11) is -3.83. The van der Waals surface area contributed by atoms with Gasteiger partial charge < -0.3 is 9.64 Å². The van der Waals surface area contributed by atoms with Crippen LogP contribution in [-0.4, -0.2) is 70.4 Å². The molecule has 2 bridgehead atoms. The zero-order valence-electron chi connectivity index (χ0n) is 20.9. The molecule has 2 saturated heterocycles. The quantitative estimate of drug-likeness (QED) is 0.411. The average Bonchev–Trinajstić information content (AvgIpc) is 3.16. The number of fused-ring (bicyclic) bond motifs is 5. The van der Waals surface area contributed by atoms with E-state index in [0.717, 1.165) is 32.1 Å². The molecule has 2 fully saturated rings. The Bertz CT molecular complexity index is 1330. The van der Waals surface area contributed by atoms with Gasteiger partial charge in [-0.15, -0.1) is 0 Å². The lowest BCUT2D eigenvalue weighted by molar-refractivity contribution is 0.00704. The summed E-state index contributed by atoms with van der Waals surface area (Å²) in [5, 5.41) is -0.337. The first-order chi connectivity index (χ1) is 16.9. The maximum absolute atomic E-state index is 15.3. The van der Waals surface area contributed by atoms with E-state index in [1.54, 1.807) is 0 Å². The third-order valence-electron chi connectivity index (χ3n) is 7.28. The van der Waals surface area contributed by atoms with Gasteiger partial charge in [0.05, 0.1) is 35.0 Å². The van der Waals surface area contributed by atoms with E-state index in [2.05, 4.69) is 19.9 Å². The van der Waals surface area contributed by atoms with Crippen molar-refractivity contribution in [1.82, 2.24) is 19.9 Å². The molecular weight excluding hydrogens is 509 g/mol. The second kappa shape index (κ2) is 8.93. The molecule has 0 spiro atoms. The smallest absolute Gasteiger partial charge is 0.410 e. The number of carbonyl (C=O) groups excluding carboxylic acids is 1. The SMILES string of the molecule is CCS(=O)(=O)c1nc2c3c(nc(Cl)c(F)c3n1)CCCC[C@@H]1[C@@H]3CC[C@H](CN21)N3C(=O)OC(C)(C)C. The van der Waals surface area contributed by atoms with Crippen LogP contribution in [0.1, 0.15) is 65.5 Å². The number of ether oxygens (including phenoxy) is 1. The zero-order valence-corrected chi connectivity index (χ0v) is 22.5. The van der Waals surface area contributed by atoms with Gasteiger partial charge in [0.15, 0.2) is 11.0 Å². The number of pyridine rings is 1. The molecule has 36 heavy (non-hydrogen) atoms. The molecule has 3 aliphatic rings. The van der Waals surface area contributed by atoms with Gasteiger partial charge in [-0.3, -0.25) is 4.90 Å². The number of amides is 1. The molecule has 0 aliphatic carbocycles. The Hall–Kier alpha value is -2.27. The van der Waals surface area contributed by atoms with Crippen LogP contribution in [0.25, 0.3) is 10.9 Å². The lowest BCUT2D eigenvalue weighted by Crippen LogP contribution is -2.62. The molecule has 5 rings (SSSR count). The molecule has 196 valence electrons. The molecule has 0 N–H and O–H groups in total. The van der Waals surface area contributed by atoms with E-state index in [-0.39, 0.29) is 40.6 Å². The lowest BCUT2D eigenvalue weighted by atomic mass is 9.97. The molecule has 12 heteroatoms. The summed E-state index contributed by atoms with van der Waals surface area (Å²) in [6, 6.07) is -0.385. The van der Waals surface area contributed by atoms with Crippen LogP contribution in [-0.2, 0) is 21.0 Å². The van der Waals surface area contributed by atoms with Gasteiger partial charge in [-0.05, 0) is 52.9 Å². The predicted molar refractivity (Wildman–Crippen MR) is 134 cm³/mol.